The molecule has 0 saturated carbocycles. The molecule has 2 N–H and O–H groups in total. The molecule has 0 aliphatic rings. The van der Waals surface area contributed by atoms with Gasteiger partial charge in [0.2, 0.25) is 5.75 Å². The molecule has 31 heavy (non-hydrogen) atoms. The summed E-state index contributed by atoms with van der Waals surface area (Å²) in [4.78, 5) is 24.9. The highest BCUT2D eigenvalue weighted by Gasteiger charge is 2.23. The fourth-order valence-corrected chi connectivity index (χ4v) is 2.71. The van der Waals surface area contributed by atoms with E-state index in [1.807, 2.05) is 5.43 Å². The molecule has 0 heterocycles. The van der Waals surface area contributed by atoms with Crippen LogP contribution in [0.5, 0.6) is 23.0 Å². The van der Waals surface area contributed by atoms with Gasteiger partial charge in [-0.3, -0.25) is 20.4 Å². The summed E-state index contributed by atoms with van der Waals surface area (Å²) in [6.07, 6.45) is 0. The van der Waals surface area contributed by atoms with Crippen molar-refractivity contribution >= 4 is 11.8 Å². The molecule has 0 spiro atoms. The predicted octanol–water partition coefficient (Wildman–Crippen LogP) is 3.24. The Balaban J connectivity index is 2.28. The van der Waals surface area contributed by atoms with E-state index in [0.717, 1.165) is 19.2 Å². The van der Waals surface area contributed by atoms with Gasteiger partial charge in [0.1, 0.15) is 11.4 Å². The Morgan fingerprint density at radius 2 is 1.32 bits per heavy atom. The average Bonchev–Trinajstić information content (AvgIpc) is 2.75. The predicted molar refractivity (Wildman–Crippen MR) is 108 cm³/mol. The van der Waals surface area contributed by atoms with Crippen LogP contribution in [0.1, 0.15) is 41.5 Å². The van der Waals surface area contributed by atoms with Crippen molar-refractivity contribution < 1.29 is 37.3 Å². The van der Waals surface area contributed by atoms with Crippen LogP contribution in [0.15, 0.2) is 24.3 Å². The first-order chi connectivity index (χ1) is 14.9. The first-order valence-electron chi connectivity index (χ1n) is 9.56. The molecule has 0 aliphatic carbocycles. The van der Waals surface area contributed by atoms with E-state index in [-0.39, 0.29) is 17.1 Å². The summed E-state index contributed by atoms with van der Waals surface area (Å²) in [6, 6.07) is 4.45. The molecule has 2 amide bonds. The number of ether oxygens (including phenoxy) is 4. The van der Waals surface area contributed by atoms with E-state index >= 15 is 0 Å². The lowest BCUT2D eigenvalue weighted by atomic mass is 10.1. The minimum Gasteiger partial charge on any atom is -0.493 e. The quantitative estimate of drug-likeness (QED) is 0.584. The highest BCUT2D eigenvalue weighted by atomic mass is 19.1. The van der Waals surface area contributed by atoms with Crippen molar-refractivity contribution in [3.05, 3.63) is 47.0 Å². The van der Waals surface area contributed by atoms with Gasteiger partial charge in [0.05, 0.1) is 26.9 Å². The van der Waals surface area contributed by atoms with E-state index in [4.69, 9.17) is 18.9 Å². The second kappa shape index (κ2) is 11.0. The van der Waals surface area contributed by atoms with Gasteiger partial charge in [0.15, 0.2) is 23.1 Å². The zero-order valence-electron chi connectivity index (χ0n) is 17.6. The van der Waals surface area contributed by atoms with Gasteiger partial charge < -0.3 is 18.9 Å². The number of amides is 2. The minimum atomic E-state index is -1.09. The minimum absolute atomic E-state index is 0.0855. The van der Waals surface area contributed by atoms with E-state index in [9.17, 15) is 18.4 Å². The number of methoxy groups -OCH3 is 1. The SMILES string of the molecule is CCOc1cc(C(=O)NNC(=O)c2c(F)ccc(F)c2OC)cc(OCC)c1OCC. The van der Waals surface area contributed by atoms with Gasteiger partial charge in [-0.25, -0.2) is 8.78 Å². The summed E-state index contributed by atoms with van der Waals surface area (Å²) in [5.41, 5.74) is 3.60. The molecule has 0 aliphatic heterocycles. The van der Waals surface area contributed by atoms with Crippen molar-refractivity contribution in [2.45, 2.75) is 20.8 Å². The third-order valence-electron chi connectivity index (χ3n) is 3.95. The standard InChI is InChI=1S/C21H24F2N2O6/c1-5-29-15-10-12(11-16(30-6-2)19(15)31-7-3)20(26)24-25-21(27)17-13(22)8-9-14(23)18(17)28-4/h8-11H,5-7H2,1-4H3,(H,24,26)(H,25,27). The van der Waals surface area contributed by atoms with Crippen LogP contribution in [0.2, 0.25) is 0 Å². The Kier molecular flexibility index (Phi) is 8.42. The van der Waals surface area contributed by atoms with Crippen molar-refractivity contribution in [3.63, 3.8) is 0 Å². The molecular formula is C21H24F2N2O6. The van der Waals surface area contributed by atoms with E-state index < -0.39 is 34.8 Å². The van der Waals surface area contributed by atoms with Gasteiger partial charge in [-0.2, -0.15) is 0 Å². The van der Waals surface area contributed by atoms with Crippen LogP contribution in [0.3, 0.4) is 0 Å². The number of halogens is 2. The number of hydrogen-bond acceptors (Lipinski definition) is 6. The highest BCUT2D eigenvalue weighted by Crippen LogP contribution is 2.39. The average molecular weight is 438 g/mol. The van der Waals surface area contributed by atoms with Gasteiger partial charge in [0, 0.05) is 5.56 Å². The second-order valence-electron chi connectivity index (χ2n) is 5.95. The number of rotatable bonds is 9. The molecule has 2 aromatic rings. The zero-order chi connectivity index (χ0) is 23.0. The molecule has 0 radical (unpaired) electrons. The Morgan fingerprint density at radius 1 is 0.806 bits per heavy atom. The van der Waals surface area contributed by atoms with Crippen LogP contribution in [-0.4, -0.2) is 38.7 Å². The third-order valence-corrected chi connectivity index (χ3v) is 3.95. The van der Waals surface area contributed by atoms with Crippen LogP contribution in [0, 0.1) is 11.6 Å². The molecule has 0 aromatic heterocycles. The lowest BCUT2D eigenvalue weighted by Gasteiger charge is -2.17. The van der Waals surface area contributed by atoms with Crippen molar-refractivity contribution in [2.24, 2.45) is 0 Å². The summed E-state index contributed by atoms with van der Waals surface area (Å²) in [6.45, 7) is 6.30. The Hall–Kier alpha value is -3.56. The molecule has 0 fully saturated rings. The van der Waals surface area contributed by atoms with Crippen molar-refractivity contribution in [1.29, 1.82) is 0 Å². The molecule has 10 heteroatoms. The Labute approximate surface area is 178 Å². The molecule has 168 valence electrons. The fourth-order valence-electron chi connectivity index (χ4n) is 2.71. The molecule has 0 atom stereocenters. The number of benzene rings is 2. The number of hydrogen-bond donors (Lipinski definition) is 2. The molecule has 2 aromatic carbocycles. The topological polar surface area (TPSA) is 95.1 Å². The van der Waals surface area contributed by atoms with E-state index in [1.165, 1.54) is 12.1 Å². The van der Waals surface area contributed by atoms with Crippen LogP contribution in [0.25, 0.3) is 0 Å². The first-order valence-corrected chi connectivity index (χ1v) is 9.56. The van der Waals surface area contributed by atoms with Crippen LogP contribution < -0.4 is 29.8 Å². The van der Waals surface area contributed by atoms with Gasteiger partial charge >= 0.3 is 0 Å². The number of hydrazine groups is 1. The van der Waals surface area contributed by atoms with Crippen LogP contribution >= 0.6 is 0 Å². The molecule has 0 bridgehead atoms. The number of carbonyl (C=O) groups excluding carboxylic acids is 2. The highest BCUT2D eigenvalue weighted by molar-refractivity contribution is 6.01. The second-order valence-corrected chi connectivity index (χ2v) is 5.95. The number of nitrogens with one attached hydrogen (secondary N) is 2. The maximum Gasteiger partial charge on any atom is 0.276 e. The lowest BCUT2D eigenvalue weighted by Crippen LogP contribution is -2.42. The Bertz CT molecular complexity index is 925. The molecule has 0 unspecified atom stereocenters. The van der Waals surface area contributed by atoms with E-state index in [0.29, 0.717) is 25.6 Å². The summed E-state index contributed by atoms with van der Waals surface area (Å²) in [7, 11) is 1.09. The first kappa shape index (κ1) is 23.7. The smallest absolute Gasteiger partial charge is 0.276 e. The van der Waals surface area contributed by atoms with Crippen LogP contribution in [-0.2, 0) is 0 Å². The van der Waals surface area contributed by atoms with Gasteiger partial charge in [0.25, 0.3) is 11.8 Å². The lowest BCUT2D eigenvalue weighted by molar-refractivity contribution is 0.0841. The van der Waals surface area contributed by atoms with Crippen LogP contribution in [0.4, 0.5) is 8.78 Å². The van der Waals surface area contributed by atoms with E-state index in [2.05, 4.69) is 5.43 Å². The Morgan fingerprint density at radius 3 is 1.84 bits per heavy atom. The van der Waals surface area contributed by atoms with Crippen molar-refractivity contribution in [3.8, 4) is 23.0 Å². The molecule has 2 rings (SSSR count). The monoisotopic (exact) mass is 438 g/mol. The zero-order valence-corrected chi connectivity index (χ0v) is 17.6. The maximum absolute atomic E-state index is 14.0. The third kappa shape index (κ3) is 5.53. The van der Waals surface area contributed by atoms with E-state index in [1.54, 1.807) is 20.8 Å². The summed E-state index contributed by atoms with van der Waals surface area (Å²) in [5.74, 6) is -3.44. The molecule has 8 nitrogen and oxygen atoms in total. The number of carbonyl (C=O) groups is 2. The fraction of sp³-hybridized carbons (Fsp3) is 0.333. The van der Waals surface area contributed by atoms with Crippen molar-refractivity contribution in [1.82, 2.24) is 10.9 Å². The summed E-state index contributed by atoms with van der Waals surface area (Å²) >= 11 is 0. The summed E-state index contributed by atoms with van der Waals surface area (Å²) < 4.78 is 49.2. The largest absolute Gasteiger partial charge is 0.493 e. The molecule has 0 saturated heterocycles. The normalized spacial score (nSPS) is 10.3. The van der Waals surface area contributed by atoms with Gasteiger partial charge in [-0.05, 0) is 45.0 Å². The van der Waals surface area contributed by atoms with Crippen molar-refractivity contribution in [2.75, 3.05) is 26.9 Å². The molecular weight excluding hydrogens is 414 g/mol. The summed E-state index contributed by atoms with van der Waals surface area (Å²) in [5, 5.41) is 0. The maximum atomic E-state index is 14.0. The van der Waals surface area contributed by atoms with Gasteiger partial charge in [-0.15, -0.1) is 0 Å². The van der Waals surface area contributed by atoms with Gasteiger partial charge in [-0.1, -0.05) is 0 Å².